The van der Waals surface area contributed by atoms with E-state index in [1.165, 1.54) is 33.4 Å². The molecule has 0 saturated heterocycles. The Morgan fingerprint density at radius 3 is 1.38 bits per heavy atom. The van der Waals surface area contributed by atoms with Crippen LogP contribution in [0, 0.1) is 27.7 Å². The van der Waals surface area contributed by atoms with Gasteiger partial charge in [0.05, 0.1) is 0 Å². The molecule has 0 heterocycles. The van der Waals surface area contributed by atoms with Gasteiger partial charge in [0, 0.05) is 0 Å². The summed E-state index contributed by atoms with van der Waals surface area (Å²) in [7, 11) is -0.671. The summed E-state index contributed by atoms with van der Waals surface area (Å²) in [4.78, 5) is 4.55. The third-order valence-corrected chi connectivity index (χ3v) is 6.40. The minimum absolute atomic E-state index is 0. The molecule has 0 saturated carbocycles. The molecule has 0 spiro atoms. The molecule has 0 aliphatic carbocycles. The van der Waals surface area contributed by atoms with Crippen LogP contribution in [0.5, 0.6) is 0 Å². The van der Waals surface area contributed by atoms with Crippen LogP contribution in [0.2, 0.25) is 13.1 Å². The van der Waals surface area contributed by atoms with Crippen LogP contribution in [-0.2, 0) is 21.7 Å². The van der Waals surface area contributed by atoms with E-state index < -0.39 is 8.96 Å². The van der Waals surface area contributed by atoms with Gasteiger partial charge >= 0.3 is 21.7 Å². The quantitative estimate of drug-likeness (QED) is 0.191. The van der Waals surface area contributed by atoms with Crippen LogP contribution < -0.4 is 0 Å². The number of hydrogen-bond acceptors (Lipinski definition) is 0. The molecule has 0 aliphatic heterocycles. The molecule has 0 fully saturated rings. The largest absolute Gasteiger partial charge is 2.00 e. The summed E-state index contributed by atoms with van der Waals surface area (Å²) in [6, 6.07) is 22.8. The fourth-order valence-corrected chi connectivity index (χ4v) is 4.92. The van der Waals surface area contributed by atoms with E-state index in [1.54, 1.807) is 0 Å². The fourth-order valence-electron chi connectivity index (χ4n) is 3.37. The normalized spacial score (nSPS) is 11.0. The summed E-state index contributed by atoms with van der Waals surface area (Å²) in [6.07, 6.45) is 8.31. The monoisotopic (exact) mass is 505 g/mol. The van der Waals surface area contributed by atoms with E-state index in [0.29, 0.717) is 0 Å². The van der Waals surface area contributed by atoms with Crippen LogP contribution in [0.25, 0.3) is 17.1 Å². The van der Waals surface area contributed by atoms with E-state index in [0.717, 1.165) is 0 Å². The number of aryl methyl sites for hydroxylation is 2. The summed E-state index contributed by atoms with van der Waals surface area (Å²) in [6.45, 7) is 19.6. The van der Waals surface area contributed by atoms with Crippen molar-refractivity contribution in [1.29, 1.82) is 0 Å². The Bertz CT molecular complexity index is 908. The Labute approximate surface area is 226 Å². The summed E-state index contributed by atoms with van der Waals surface area (Å²) < 4.78 is 0. The van der Waals surface area contributed by atoms with Crippen molar-refractivity contribution in [1.82, 2.24) is 0 Å². The summed E-state index contributed by atoms with van der Waals surface area (Å²) in [5.41, 5.74) is 8.40. The van der Waals surface area contributed by atoms with Gasteiger partial charge in [0.1, 0.15) is 0 Å². The minimum atomic E-state index is -0.671. The molecule has 0 atom stereocenters. The molecule has 0 radical (unpaired) electrons. The maximum absolute atomic E-state index is 4.55. The molecule has 3 heteroatoms. The third-order valence-electron chi connectivity index (χ3n) is 5.11. The van der Waals surface area contributed by atoms with Crippen molar-refractivity contribution in [3.8, 4) is 0 Å². The maximum Gasteiger partial charge on any atom is 2.00 e. The molecular weight excluding hydrogens is 462 g/mol. The molecule has 0 aromatic heterocycles. The predicted molar refractivity (Wildman–Crippen MR) is 154 cm³/mol. The zero-order valence-electron chi connectivity index (χ0n) is 22.7. The predicted octanol–water partition coefficient (Wildman–Crippen LogP) is 9.19. The van der Waals surface area contributed by atoms with Crippen LogP contribution >= 0.6 is 0 Å². The fraction of sp³-hybridized carbons (Fsp3) is 0.323. The van der Waals surface area contributed by atoms with Crippen molar-refractivity contribution in [3.05, 3.63) is 117 Å². The molecule has 34 heavy (non-hydrogen) atoms. The molecule has 3 aromatic rings. The van der Waals surface area contributed by atoms with E-state index >= 15 is 0 Å². The smallest absolute Gasteiger partial charge is 0.663 e. The number of nitrogens with zero attached hydrogens (tertiary/aromatic N) is 1. The molecular formula is C31H43NSiTi. The van der Waals surface area contributed by atoms with Crippen molar-refractivity contribution < 1.29 is 21.7 Å². The van der Waals surface area contributed by atoms with Gasteiger partial charge in [-0.25, -0.2) is 0 Å². The Morgan fingerprint density at radius 1 is 0.765 bits per heavy atom. The molecule has 0 N–H and O–H groups in total. The van der Waals surface area contributed by atoms with E-state index in [1.807, 2.05) is 36.4 Å². The van der Waals surface area contributed by atoms with Crippen LogP contribution in [0.3, 0.4) is 0 Å². The van der Waals surface area contributed by atoms with Crippen molar-refractivity contribution in [2.24, 2.45) is 0 Å². The average Bonchev–Trinajstić information content (AvgIpc) is 2.97. The Hall–Kier alpha value is -1.84. The van der Waals surface area contributed by atoms with Gasteiger partial charge in [0.25, 0.3) is 0 Å². The van der Waals surface area contributed by atoms with Gasteiger partial charge in [-0.15, -0.1) is 5.54 Å². The zero-order valence-corrected chi connectivity index (χ0v) is 25.4. The number of allylic oxidation sites excluding steroid dienone is 2. The van der Waals surface area contributed by atoms with Gasteiger partial charge in [-0.2, -0.15) is 28.3 Å². The Kier molecular flexibility index (Phi) is 15.8. The van der Waals surface area contributed by atoms with Crippen LogP contribution in [0.1, 0.15) is 54.2 Å². The molecule has 3 aromatic carbocycles. The van der Waals surface area contributed by atoms with E-state index in [4.69, 9.17) is 0 Å². The first-order valence-corrected chi connectivity index (χ1v) is 14.7. The van der Waals surface area contributed by atoms with Gasteiger partial charge in [-0.3, -0.25) is 0 Å². The molecule has 180 valence electrons. The third kappa shape index (κ3) is 14.4. The van der Waals surface area contributed by atoms with Gasteiger partial charge < -0.3 is 4.98 Å². The molecule has 1 nitrogen and oxygen atoms in total. The van der Waals surface area contributed by atoms with Gasteiger partial charge in [-0.1, -0.05) is 155 Å². The van der Waals surface area contributed by atoms with E-state index in [2.05, 4.69) is 121 Å². The number of hydrogen-bond donors (Lipinski definition) is 0. The van der Waals surface area contributed by atoms with Crippen LogP contribution in [0.15, 0.2) is 78.9 Å². The van der Waals surface area contributed by atoms with E-state index in [-0.39, 0.29) is 27.3 Å². The van der Waals surface area contributed by atoms with Crippen molar-refractivity contribution in [2.75, 3.05) is 0 Å². The van der Waals surface area contributed by atoms with Crippen molar-refractivity contribution >= 4 is 21.1 Å². The van der Waals surface area contributed by atoms with E-state index in [9.17, 15) is 0 Å². The van der Waals surface area contributed by atoms with Crippen LogP contribution in [0.4, 0.5) is 0 Å². The standard InChI is InChI=1S/C16H14.C9H13.C6H16NSi.Ti/c1-3-9-15(10-4-1)13-7-8-14-16-11-5-2-6-12-16;1-6-5-7(2)9(4)8(6)3;1-6(2,3)7-8(4)5;/h1-14H;5H,1-4H3;8H,1-5H3;/q;2*-1;+2. The molecule has 0 aliphatic rings. The first-order chi connectivity index (χ1) is 15.5. The second-order valence-electron chi connectivity index (χ2n) is 9.69. The summed E-state index contributed by atoms with van der Waals surface area (Å²) in [5.74, 6) is 0. The van der Waals surface area contributed by atoms with Gasteiger partial charge in [-0.05, 0) is 11.1 Å². The summed E-state index contributed by atoms with van der Waals surface area (Å²) >= 11 is 0. The SMILES string of the molecule is C(C=Cc1ccccc1)=Cc1ccccc1.C[SiH](C)[N-]C(C)(C)C.Cc1c[c-](C)c(C)c1C.[Ti+2]. The maximum atomic E-state index is 4.55. The first-order valence-electron chi connectivity index (χ1n) is 11.9. The average molecular weight is 506 g/mol. The molecule has 3 rings (SSSR count). The first kappa shape index (κ1) is 32.2. The Morgan fingerprint density at radius 2 is 1.18 bits per heavy atom. The molecule has 0 amide bonds. The Balaban J connectivity index is 0.000000519. The molecule has 0 bridgehead atoms. The second-order valence-corrected chi connectivity index (χ2v) is 12.1. The van der Waals surface area contributed by atoms with Gasteiger partial charge in [0.2, 0.25) is 0 Å². The van der Waals surface area contributed by atoms with Crippen molar-refractivity contribution in [3.63, 3.8) is 0 Å². The van der Waals surface area contributed by atoms with Crippen LogP contribution in [-0.4, -0.2) is 14.5 Å². The summed E-state index contributed by atoms with van der Waals surface area (Å²) in [5, 5.41) is 0. The number of benzene rings is 2. The second kappa shape index (κ2) is 16.7. The molecule has 0 unspecified atom stereocenters. The topological polar surface area (TPSA) is 14.1 Å². The van der Waals surface area contributed by atoms with Gasteiger partial charge in [0.15, 0.2) is 0 Å². The van der Waals surface area contributed by atoms with Crippen molar-refractivity contribution in [2.45, 2.75) is 67.1 Å². The number of rotatable bonds is 4. The minimum Gasteiger partial charge on any atom is -0.663 e. The zero-order chi connectivity index (χ0) is 24.9.